The van der Waals surface area contributed by atoms with E-state index in [4.69, 9.17) is 16.3 Å². The number of hydrogen-bond donors (Lipinski definition) is 1. The molecule has 1 heterocycles. The Morgan fingerprint density at radius 1 is 1.03 bits per heavy atom. The zero-order valence-electron chi connectivity index (χ0n) is 16.4. The zero-order valence-corrected chi connectivity index (χ0v) is 18.0. The van der Waals surface area contributed by atoms with E-state index in [1.807, 2.05) is 4.90 Å². The fraction of sp³-hybridized carbons (Fsp3) is 0.400. The van der Waals surface area contributed by atoms with Crippen molar-refractivity contribution in [1.29, 1.82) is 0 Å². The lowest BCUT2D eigenvalue weighted by molar-refractivity contribution is -0.139. The van der Waals surface area contributed by atoms with Gasteiger partial charge in [0.25, 0.3) is 0 Å². The number of sulfonamides is 1. The van der Waals surface area contributed by atoms with E-state index in [9.17, 15) is 26.7 Å². The number of piperazine rings is 1. The largest absolute Gasteiger partial charge is 0.491 e. The van der Waals surface area contributed by atoms with Gasteiger partial charge >= 0.3 is 6.18 Å². The molecule has 6 nitrogen and oxygen atoms in total. The second-order valence-corrected chi connectivity index (χ2v) is 9.46. The minimum atomic E-state index is -4.76. The summed E-state index contributed by atoms with van der Waals surface area (Å²) in [6, 6.07) is 10.9. The molecule has 1 aliphatic heterocycles. The molecule has 1 N–H and O–H groups in total. The number of aliphatic hydroxyl groups is 1. The summed E-state index contributed by atoms with van der Waals surface area (Å²) in [4.78, 5) is 1.10. The van der Waals surface area contributed by atoms with Gasteiger partial charge in [-0.3, -0.25) is 4.90 Å². The smallest absolute Gasteiger partial charge is 0.417 e. The van der Waals surface area contributed by atoms with Crippen LogP contribution in [0.3, 0.4) is 0 Å². The SMILES string of the molecule is O=S(=O)(c1ccccc1C(F)(F)F)N1CCN(CC(O)COc2ccc(Cl)cc2)CC1. The molecule has 0 aliphatic carbocycles. The maximum atomic E-state index is 13.2. The second-order valence-electron chi connectivity index (χ2n) is 7.12. The molecular weight excluding hydrogens is 457 g/mol. The Kier molecular flexibility index (Phi) is 7.48. The standard InChI is InChI=1S/C20H22ClF3N2O4S/c21-15-5-7-17(8-6-15)30-14-16(27)13-25-9-11-26(12-10-25)31(28,29)19-4-2-1-3-18(19)20(22,23)24/h1-8,16,27H,9-14H2. The number of rotatable bonds is 7. The molecule has 0 amide bonds. The van der Waals surface area contributed by atoms with Crippen molar-refractivity contribution in [3.8, 4) is 5.75 Å². The first-order valence-corrected chi connectivity index (χ1v) is 11.3. The maximum absolute atomic E-state index is 13.2. The minimum absolute atomic E-state index is 0.0271. The van der Waals surface area contributed by atoms with Crippen molar-refractivity contribution in [3.63, 3.8) is 0 Å². The van der Waals surface area contributed by atoms with E-state index in [1.54, 1.807) is 24.3 Å². The molecule has 1 saturated heterocycles. The Bertz CT molecular complexity index is 979. The number of halogens is 4. The highest BCUT2D eigenvalue weighted by atomic mass is 35.5. The van der Waals surface area contributed by atoms with Crippen LogP contribution >= 0.6 is 11.6 Å². The quantitative estimate of drug-likeness (QED) is 0.662. The predicted molar refractivity (Wildman–Crippen MR) is 110 cm³/mol. The van der Waals surface area contributed by atoms with Gasteiger partial charge in [0, 0.05) is 37.7 Å². The van der Waals surface area contributed by atoms with Gasteiger partial charge in [-0.1, -0.05) is 23.7 Å². The predicted octanol–water partition coefficient (Wildman–Crippen LogP) is 3.11. The summed E-state index contributed by atoms with van der Waals surface area (Å²) in [5.41, 5.74) is -1.17. The van der Waals surface area contributed by atoms with Gasteiger partial charge in [-0.05, 0) is 36.4 Å². The molecule has 2 aromatic carbocycles. The third-order valence-electron chi connectivity index (χ3n) is 4.87. The highest BCUT2D eigenvalue weighted by Crippen LogP contribution is 2.35. The van der Waals surface area contributed by atoms with E-state index < -0.39 is 32.8 Å². The van der Waals surface area contributed by atoms with Crippen molar-refractivity contribution < 1.29 is 31.4 Å². The maximum Gasteiger partial charge on any atom is 0.417 e. The van der Waals surface area contributed by atoms with Crippen LogP contribution in [-0.2, 0) is 16.2 Å². The Hall–Kier alpha value is -1.85. The normalized spacial score (nSPS) is 17.5. The van der Waals surface area contributed by atoms with E-state index in [-0.39, 0.29) is 39.3 Å². The zero-order chi connectivity index (χ0) is 22.6. The lowest BCUT2D eigenvalue weighted by atomic mass is 10.2. The fourth-order valence-electron chi connectivity index (χ4n) is 3.29. The summed E-state index contributed by atoms with van der Waals surface area (Å²) in [6.07, 6.45) is -5.58. The third kappa shape index (κ3) is 6.11. The number of ether oxygens (including phenoxy) is 1. The second kappa shape index (κ2) is 9.74. The van der Waals surface area contributed by atoms with Crippen molar-refractivity contribution in [2.24, 2.45) is 0 Å². The lowest BCUT2D eigenvalue weighted by Crippen LogP contribution is -2.51. The number of β-amino-alcohol motifs (C(OH)–C–C–N with tert-alkyl or cyclic N) is 1. The molecule has 1 unspecified atom stereocenters. The first-order chi connectivity index (χ1) is 14.6. The van der Waals surface area contributed by atoms with Crippen molar-refractivity contribution >= 4 is 21.6 Å². The summed E-state index contributed by atoms with van der Waals surface area (Å²) in [7, 11) is -4.29. The average molecular weight is 479 g/mol. The van der Waals surface area contributed by atoms with Gasteiger partial charge in [0.1, 0.15) is 18.5 Å². The van der Waals surface area contributed by atoms with Crippen LogP contribution in [0.5, 0.6) is 5.75 Å². The van der Waals surface area contributed by atoms with Gasteiger partial charge in [-0.15, -0.1) is 0 Å². The summed E-state index contributed by atoms with van der Waals surface area (Å²) < 4.78 is 71.8. The van der Waals surface area contributed by atoms with Gasteiger partial charge < -0.3 is 9.84 Å². The number of benzene rings is 2. The first-order valence-electron chi connectivity index (χ1n) is 9.52. The summed E-state index contributed by atoms with van der Waals surface area (Å²) in [5, 5.41) is 10.8. The van der Waals surface area contributed by atoms with Crippen LogP contribution in [0.1, 0.15) is 5.56 Å². The van der Waals surface area contributed by atoms with Gasteiger partial charge in [0.15, 0.2) is 0 Å². The van der Waals surface area contributed by atoms with E-state index in [1.165, 1.54) is 6.07 Å². The van der Waals surface area contributed by atoms with E-state index in [0.717, 1.165) is 22.5 Å². The van der Waals surface area contributed by atoms with Crippen LogP contribution in [0.4, 0.5) is 13.2 Å². The first kappa shape index (κ1) is 23.8. The van der Waals surface area contributed by atoms with Crippen LogP contribution in [-0.4, -0.2) is 68.2 Å². The Balaban J connectivity index is 1.55. The molecule has 1 aliphatic rings. The molecule has 31 heavy (non-hydrogen) atoms. The Morgan fingerprint density at radius 3 is 2.26 bits per heavy atom. The van der Waals surface area contributed by atoms with Crippen molar-refractivity contribution in [2.45, 2.75) is 17.2 Å². The summed E-state index contributed by atoms with van der Waals surface area (Å²) in [6.45, 7) is 0.912. The number of hydrogen-bond acceptors (Lipinski definition) is 5. The van der Waals surface area contributed by atoms with Crippen LogP contribution in [0, 0.1) is 0 Å². The fourth-order valence-corrected chi connectivity index (χ4v) is 5.05. The number of aliphatic hydroxyl groups excluding tert-OH is 1. The van der Waals surface area contributed by atoms with Crippen LogP contribution in [0.15, 0.2) is 53.4 Å². The van der Waals surface area contributed by atoms with Crippen molar-refractivity contribution in [2.75, 3.05) is 39.3 Å². The summed E-state index contributed by atoms with van der Waals surface area (Å²) >= 11 is 5.80. The average Bonchev–Trinajstić information content (AvgIpc) is 2.73. The molecule has 1 atom stereocenters. The minimum Gasteiger partial charge on any atom is -0.491 e. The summed E-state index contributed by atoms with van der Waals surface area (Å²) in [5.74, 6) is 0.558. The van der Waals surface area contributed by atoms with Gasteiger partial charge in [0.05, 0.1) is 10.5 Å². The molecule has 2 aromatic rings. The van der Waals surface area contributed by atoms with Crippen LogP contribution < -0.4 is 4.74 Å². The Labute approximate surface area is 183 Å². The molecule has 11 heteroatoms. The molecule has 0 saturated carbocycles. The van der Waals surface area contributed by atoms with Crippen LogP contribution in [0.25, 0.3) is 0 Å². The molecule has 1 fully saturated rings. The highest BCUT2D eigenvalue weighted by molar-refractivity contribution is 7.89. The molecule has 3 rings (SSSR count). The third-order valence-corrected chi connectivity index (χ3v) is 7.08. The molecular formula is C20H22ClF3N2O4S. The van der Waals surface area contributed by atoms with Crippen molar-refractivity contribution in [1.82, 2.24) is 9.21 Å². The van der Waals surface area contributed by atoms with Crippen molar-refractivity contribution in [3.05, 3.63) is 59.1 Å². The van der Waals surface area contributed by atoms with Gasteiger partial charge in [-0.2, -0.15) is 17.5 Å². The lowest BCUT2D eigenvalue weighted by Gasteiger charge is -2.35. The topological polar surface area (TPSA) is 70.1 Å². The van der Waals surface area contributed by atoms with Gasteiger partial charge in [-0.25, -0.2) is 8.42 Å². The number of alkyl halides is 3. The Morgan fingerprint density at radius 2 is 1.65 bits per heavy atom. The number of nitrogens with zero attached hydrogens (tertiary/aromatic N) is 2. The van der Waals surface area contributed by atoms with Crippen LogP contribution in [0.2, 0.25) is 5.02 Å². The molecule has 0 radical (unpaired) electrons. The molecule has 0 bridgehead atoms. The highest BCUT2D eigenvalue weighted by Gasteiger charge is 2.39. The van der Waals surface area contributed by atoms with E-state index in [0.29, 0.717) is 10.8 Å². The van der Waals surface area contributed by atoms with E-state index >= 15 is 0 Å². The molecule has 0 aromatic heterocycles. The van der Waals surface area contributed by atoms with E-state index in [2.05, 4.69) is 0 Å². The molecule has 0 spiro atoms. The monoisotopic (exact) mass is 478 g/mol. The molecule has 170 valence electrons. The van der Waals surface area contributed by atoms with Gasteiger partial charge in [0.2, 0.25) is 10.0 Å².